The molecular weight excluding hydrogens is 315 g/mol. The number of nitrogens with zero attached hydrogens (tertiary/aromatic N) is 1. The summed E-state index contributed by atoms with van der Waals surface area (Å²) in [7, 11) is -0.272. The van der Waals surface area contributed by atoms with E-state index >= 15 is 0 Å². The number of sulfonamides is 1. The molecule has 0 saturated carbocycles. The van der Waals surface area contributed by atoms with Crippen LogP contribution in [0.15, 0.2) is 47.4 Å². The second-order valence-electron chi connectivity index (χ2n) is 4.62. The number of benzene rings is 2. The van der Waals surface area contributed by atoms with Gasteiger partial charge in [0.25, 0.3) is 10.0 Å². The molecule has 0 fully saturated rings. The van der Waals surface area contributed by atoms with E-state index in [0.29, 0.717) is 5.69 Å². The van der Waals surface area contributed by atoms with Crippen LogP contribution >= 0.6 is 11.6 Å². The Morgan fingerprint density at radius 2 is 1.71 bits per heavy atom. The predicted octanol–water partition coefficient (Wildman–Crippen LogP) is 3.35. The van der Waals surface area contributed by atoms with E-state index in [-0.39, 0.29) is 5.02 Å². The minimum Gasteiger partial charge on any atom is -0.378 e. The molecule has 0 radical (unpaired) electrons. The van der Waals surface area contributed by atoms with Crippen molar-refractivity contribution >= 4 is 33.0 Å². The third-order valence-electron chi connectivity index (χ3n) is 2.82. The van der Waals surface area contributed by atoms with Gasteiger partial charge in [0, 0.05) is 30.5 Å². The van der Waals surface area contributed by atoms with E-state index in [9.17, 15) is 12.8 Å². The highest BCUT2D eigenvalue weighted by molar-refractivity contribution is 7.92. The normalized spacial score (nSPS) is 11.2. The highest BCUT2D eigenvalue weighted by Gasteiger charge is 2.19. The number of anilines is 2. The highest BCUT2D eigenvalue weighted by atomic mass is 35.5. The van der Waals surface area contributed by atoms with E-state index in [4.69, 9.17) is 11.6 Å². The first kappa shape index (κ1) is 15.6. The minimum atomic E-state index is -4.02. The van der Waals surface area contributed by atoms with Crippen molar-refractivity contribution in [2.45, 2.75) is 4.90 Å². The molecule has 0 spiro atoms. The van der Waals surface area contributed by atoms with Crippen molar-refractivity contribution in [2.75, 3.05) is 23.7 Å². The Hall–Kier alpha value is -1.79. The van der Waals surface area contributed by atoms with Gasteiger partial charge in [-0.05, 0) is 42.5 Å². The molecule has 0 saturated heterocycles. The van der Waals surface area contributed by atoms with Crippen molar-refractivity contribution < 1.29 is 12.8 Å². The van der Waals surface area contributed by atoms with Crippen LogP contribution in [-0.4, -0.2) is 22.5 Å². The van der Waals surface area contributed by atoms with Crippen LogP contribution in [0.1, 0.15) is 0 Å². The molecule has 0 amide bonds. The van der Waals surface area contributed by atoms with Crippen LogP contribution in [0.5, 0.6) is 0 Å². The molecule has 0 atom stereocenters. The van der Waals surface area contributed by atoms with Crippen molar-refractivity contribution in [3.63, 3.8) is 0 Å². The Balaban J connectivity index is 2.31. The van der Waals surface area contributed by atoms with Crippen molar-refractivity contribution in [2.24, 2.45) is 0 Å². The van der Waals surface area contributed by atoms with E-state index in [2.05, 4.69) is 4.72 Å². The maximum atomic E-state index is 13.7. The third kappa shape index (κ3) is 3.65. The molecule has 21 heavy (non-hydrogen) atoms. The van der Waals surface area contributed by atoms with E-state index in [1.807, 2.05) is 19.0 Å². The van der Waals surface area contributed by atoms with Gasteiger partial charge in [-0.3, -0.25) is 4.72 Å². The van der Waals surface area contributed by atoms with Gasteiger partial charge in [-0.15, -0.1) is 0 Å². The lowest BCUT2D eigenvalue weighted by molar-refractivity contribution is 0.570. The van der Waals surface area contributed by atoms with Crippen molar-refractivity contribution in [1.29, 1.82) is 0 Å². The molecular formula is C14H14ClFN2O2S. The van der Waals surface area contributed by atoms with E-state index < -0.39 is 20.7 Å². The van der Waals surface area contributed by atoms with Gasteiger partial charge in [-0.2, -0.15) is 0 Å². The molecule has 7 heteroatoms. The Bertz CT molecular complexity index is 746. The lowest BCUT2D eigenvalue weighted by atomic mass is 10.3. The summed E-state index contributed by atoms with van der Waals surface area (Å²) >= 11 is 5.72. The molecule has 4 nitrogen and oxygen atoms in total. The Labute approximate surface area is 128 Å². The van der Waals surface area contributed by atoms with Crippen LogP contribution in [-0.2, 0) is 10.0 Å². The molecule has 0 aliphatic heterocycles. The zero-order valence-electron chi connectivity index (χ0n) is 11.5. The number of halogens is 2. The van der Waals surface area contributed by atoms with E-state index in [0.717, 1.165) is 17.8 Å². The lowest BCUT2D eigenvalue weighted by Gasteiger charge is -2.14. The smallest absolute Gasteiger partial charge is 0.264 e. The van der Waals surface area contributed by atoms with E-state index in [1.165, 1.54) is 6.07 Å². The first-order chi connectivity index (χ1) is 9.79. The fourth-order valence-corrected chi connectivity index (χ4v) is 3.12. The largest absolute Gasteiger partial charge is 0.378 e. The molecule has 0 bridgehead atoms. The van der Waals surface area contributed by atoms with Crippen LogP contribution < -0.4 is 9.62 Å². The van der Waals surface area contributed by atoms with Crippen molar-refractivity contribution in [1.82, 2.24) is 0 Å². The monoisotopic (exact) mass is 328 g/mol. The summed E-state index contributed by atoms with van der Waals surface area (Å²) in [5.41, 5.74) is 1.27. The Morgan fingerprint density at radius 3 is 2.29 bits per heavy atom. The summed E-state index contributed by atoms with van der Waals surface area (Å²) in [6.45, 7) is 0. The fourth-order valence-electron chi connectivity index (χ4n) is 1.72. The molecule has 0 unspecified atom stereocenters. The predicted molar refractivity (Wildman–Crippen MR) is 83.0 cm³/mol. The maximum absolute atomic E-state index is 13.7. The topological polar surface area (TPSA) is 49.4 Å². The number of rotatable bonds is 4. The van der Waals surface area contributed by atoms with Gasteiger partial charge in [0.2, 0.25) is 0 Å². The van der Waals surface area contributed by atoms with Gasteiger partial charge in [0.15, 0.2) is 0 Å². The number of nitrogens with one attached hydrogen (secondary N) is 1. The summed E-state index contributed by atoms with van der Waals surface area (Å²) in [5.74, 6) is -0.850. The van der Waals surface area contributed by atoms with Crippen molar-refractivity contribution in [3.05, 3.63) is 53.3 Å². The zero-order chi connectivity index (χ0) is 15.6. The SMILES string of the molecule is CN(C)c1ccc(NS(=O)(=O)c2cc(Cl)ccc2F)cc1. The van der Waals surface area contributed by atoms with Gasteiger partial charge in [-0.1, -0.05) is 11.6 Å². The first-order valence-corrected chi connectivity index (χ1v) is 7.91. The van der Waals surface area contributed by atoms with Crippen LogP contribution in [0.25, 0.3) is 0 Å². The van der Waals surface area contributed by atoms with Crippen LogP contribution in [0.3, 0.4) is 0 Å². The van der Waals surface area contributed by atoms with Crippen LogP contribution in [0.2, 0.25) is 5.02 Å². The lowest BCUT2D eigenvalue weighted by Crippen LogP contribution is -2.15. The average molecular weight is 329 g/mol. The van der Waals surface area contributed by atoms with Gasteiger partial charge < -0.3 is 4.90 Å². The third-order valence-corrected chi connectivity index (χ3v) is 4.45. The molecule has 112 valence electrons. The second-order valence-corrected chi connectivity index (χ2v) is 6.71. The quantitative estimate of drug-likeness (QED) is 0.936. The molecule has 1 N–H and O–H groups in total. The zero-order valence-corrected chi connectivity index (χ0v) is 13.0. The Kier molecular flexibility index (Phi) is 4.39. The molecule has 0 heterocycles. The van der Waals surface area contributed by atoms with Gasteiger partial charge in [0.1, 0.15) is 10.7 Å². The van der Waals surface area contributed by atoms with E-state index in [1.54, 1.807) is 24.3 Å². The van der Waals surface area contributed by atoms with Gasteiger partial charge in [-0.25, -0.2) is 12.8 Å². The fraction of sp³-hybridized carbons (Fsp3) is 0.143. The molecule has 0 aliphatic rings. The number of hydrogen-bond donors (Lipinski definition) is 1. The number of hydrogen-bond acceptors (Lipinski definition) is 3. The maximum Gasteiger partial charge on any atom is 0.264 e. The summed E-state index contributed by atoms with van der Waals surface area (Å²) < 4.78 is 40.3. The molecule has 2 aromatic rings. The minimum absolute atomic E-state index is 0.153. The summed E-state index contributed by atoms with van der Waals surface area (Å²) in [5, 5.41) is 0.153. The standard InChI is InChI=1S/C14H14ClFN2O2S/c1-18(2)12-6-4-11(5-7-12)17-21(19,20)14-9-10(15)3-8-13(14)16/h3-9,17H,1-2H3. The van der Waals surface area contributed by atoms with Gasteiger partial charge in [0.05, 0.1) is 0 Å². The van der Waals surface area contributed by atoms with Crippen molar-refractivity contribution in [3.8, 4) is 0 Å². The molecule has 0 aliphatic carbocycles. The first-order valence-electron chi connectivity index (χ1n) is 6.05. The summed E-state index contributed by atoms with van der Waals surface area (Å²) in [6, 6.07) is 10.1. The van der Waals surface area contributed by atoms with Crippen LogP contribution in [0, 0.1) is 5.82 Å². The average Bonchev–Trinajstić information content (AvgIpc) is 2.41. The van der Waals surface area contributed by atoms with Gasteiger partial charge >= 0.3 is 0 Å². The van der Waals surface area contributed by atoms with Crippen LogP contribution in [0.4, 0.5) is 15.8 Å². The summed E-state index contributed by atoms with van der Waals surface area (Å²) in [4.78, 5) is 1.40. The molecule has 2 rings (SSSR count). The second kappa shape index (κ2) is 5.91. The molecule has 2 aromatic carbocycles. The Morgan fingerprint density at radius 1 is 1.10 bits per heavy atom. The molecule has 0 aromatic heterocycles. The highest BCUT2D eigenvalue weighted by Crippen LogP contribution is 2.23. The summed E-state index contributed by atoms with van der Waals surface area (Å²) in [6.07, 6.45) is 0.